The Hall–Kier alpha value is -6.05. The third-order valence-corrected chi connectivity index (χ3v) is 10.5. The van der Waals surface area contributed by atoms with Crippen LogP contribution in [0.4, 0.5) is 0 Å². The molecule has 10 rings (SSSR count). The molecule has 0 saturated carbocycles. The van der Waals surface area contributed by atoms with Gasteiger partial charge in [-0.2, -0.15) is 0 Å². The van der Waals surface area contributed by atoms with Crippen molar-refractivity contribution in [1.29, 1.82) is 0 Å². The van der Waals surface area contributed by atoms with E-state index in [4.69, 9.17) is 0 Å². The Labute approximate surface area is 279 Å². The van der Waals surface area contributed by atoms with Gasteiger partial charge in [0.15, 0.2) is 0 Å². The lowest BCUT2D eigenvalue weighted by Gasteiger charge is -2.24. The molecule has 0 amide bonds. The first-order valence-electron chi connectivity index (χ1n) is 16.8. The predicted octanol–water partition coefficient (Wildman–Crippen LogP) is 12.5. The summed E-state index contributed by atoms with van der Waals surface area (Å²) in [5.74, 6) is 0.323. The summed E-state index contributed by atoms with van der Waals surface area (Å²) in [5, 5.41) is 12.9. The zero-order valence-corrected chi connectivity index (χ0v) is 26.4. The number of aromatic nitrogens is 1. The van der Waals surface area contributed by atoms with Crippen LogP contribution in [-0.4, -0.2) is 4.98 Å². The standard InChI is InChI=1S/C47H31N/c1-2-15-38-36(13-1)37-14-3-4-16-39(37)45-27-34(19-21-42(38)45)32-11-7-9-30(25-32)31-10-8-12-33(26-31)35-20-22-43-44-23-24-48-29-47(44)41-18-6-5-17-40(41)46(43)28-35/h1-26,28-29,34H,27H2. The van der Waals surface area contributed by atoms with Crippen LogP contribution in [0.1, 0.15) is 22.6 Å². The van der Waals surface area contributed by atoms with Gasteiger partial charge in [0.05, 0.1) is 0 Å². The fourth-order valence-corrected chi connectivity index (χ4v) is 8.19. The van der Waals surface area contributed by atoms with Crippen LogP contribution < -0.4 is 0 Å². The van der Waals surface area contributed by atoms with Crippen LogP contribution in [-0.2, 0) is 6.42 Å². The number of hydrogen-bond donors (Lipinski definition) is 0. The van der Waals surface area contributed by atoms with E-state index >= 15 is 0 Å². The van der Waals surface area contributed by atoms with E-state index in [1.807, 2.05) is 12.4 Å². The smallest absolute Gasteiger partial charge is 0.0352 e. The molecule has 0 spiro atoms. The van der Waals surface area contributed by atoms with E-state index in [-0.39, 0.29) is 0 Å². The topological polar surface area (TPSA) is 12.9 Å². The van der Waals surface area contributed by atoms with E-state index in [2.05, 4.69) is 163 Å². The Kier molecular flexibility index (Phi) is 6.07. The molecule has 0 saturated heterocycles. The zero-order valence-electron chi connectivity index (χ0n) is 26.4. The van der Waals surface area contributed by atoms with Crippen molar-refractivity contribution in [1.82, 2.24) is 4.98 Å². The van der Waals surface area contributed by atoms with Crippen LogP contribution in [0.3, 0.4) is 0 Å². The molecule has 1 aromatic heterocycles. The molecule has 0 radical (unpaired) electrons. The summed E-state index contributed by atoms with van der Waals surface area (Å²) < 4.78 is 0. The van der Waals surface area contributed by atoms with Crippen LogP contribution in [0.15, 0.2) is 164 Å². The second kappa shape index (κ2) is 10.8. The number of hydrogen-bond acceptors (Lipinski definition) is 1. The normalized spacial score (nSPS) is 14.3. The van der Waals surface area contributed by atoms with Crippen molar-refractivity contribution in [2.75, 3.05) is 0 Å². The molecule has 1 nitrogen and oxygen atoms in total. The first kappa shape index (κ1) is 27.1. The summed E-state index contributed by atoms with van der Waals surface area (Å²) >= 11 is 0. The first-order valence-corrected chi connectivity index (χ1v) is 16.8. The summed E-state index contributed by atoms with van der Waals surface area (Å²) in [4.78, 5) is 4.44. The zero-order chi connectivity index (χ0) is 31.6. The van der Waals surface area contributed by atoms with Crippen molar-refractivity contribution in [3.05, 3.63) is 181 Å². The maximum atomic E-state index is 4.44. The molecule has 1 atom stereocenters. The highest BCUT2D eigenvalue weighted by molar-refractivity contribution is 6.25. The molecule has 8 aromatic carbocycles. The van der Waals surface area contributed by atoms with E-state index < -0.39 is 0 Å². The van der Waals surface area contributed by atoms with Crippen LogP contribution in [0.25, 0.3) is 82.2 Å². The molecular weight excluding hydrogens is 579 g/mol. The molecule has 9 aromatic rings. The van der Waals surface area contributed by atoms with Gasteiger partial charge in [0.25, 0.3) is 0 Å². The average molecular weight is 610 g/mol. The molecule has 0 bridgehead atoms. The van der Waals surface area contributed by atoms with Gasteiger partial charge < -0.3 is 0 Å². The van der Waals surface area contributed by atoms with Gasteiger partial charge in [-0.05, 0) is 112 Å². The number of nitrogens with zero attached hydrogens (tertiary/aromatic N) is 1. The third kappa shape index (κ3) is 4.21. The van der Waals surface area contributed by atoms with Crippen LogP contribution >= 0.6 is 0 Å². The molecule has 224 valence electrons. The van der Waals surface area contributed by atoms with E-state index in [1.54, 1.807) is 0 Å². The van der Waals surface area contributed by atoms with Crippen molar-refractivity contribution in [3.8, 4) is 22.3 Å². The fraction of sp³-hybridized carbons (Fsp3) is 0.0426. The van der Waals surface area contributed by atoms with Crippen LogP contribution in [0, 0.1) is 0 Å². The van der Waals surface area contributed by atoms with E-state index in [0.29, 0.717) is 5.92 Å². The molecule has 0 fully saturated rings. The van der Waals surface area contributed by atoms with Gasteiger partial charge in [0, 0.05) is 23.7 Å². The Morgan fingerprint density at radius 3 is 1.75 bits per heavy atom. The lowest BCUT2D eigenvalue weighted by Crippen LogP contribution is -2.07. The van der Waals surface area contributed by atoms with Gasteiger partial charge in [0.2, 0.25) is 0 Å². The number of benzene rings is 8. The van der Waals surface area contributed by atoms with Gasteiger partial charge in [0.1, 0.15) is 0 Å². The van der Waals surface area contributed by atoms with E-state index in [0.717, 1.165) is 6.42 Å². The minimum Gasteiger partial charge on any atom is -0.264 e. The lowest BCUT2D eigenvalue weighted by molar-refractivity contribution is 0.835. The molecule has 1 aliphatic carbocycles. The quantitative estimate of drug-likeness (QED) is 0.182. The molecule has 0 aliphatic heterocycles. The Morgan fingerprint density at radius 2 is 0.979 bits per heavy atom. The predicted molar refractivity (Wildman–Crippen MR) is 205 cm³/mol. The van der Waals surface area contributed by atoms with E-state index in [9.17, 15) is 0 Å². The highest BCUT2D eigenvalue weighted by atomic mass is 14.6. The van der Waals surface area contributed by atoms with E-state index in [1.165, 1.54) is 92.8 Å². The van der Waals surface area contributed by atoms with Gasteiger partial charge >= 0.3 is 0 Å². The molecule has 0 N–H and O–H groups in total. The average Bonchev–Trinajstić information content (AvgIpc) is 3.18. The summed E-state index contributed by atoms with van der Waals surface area (Å²) in [6.07, 6.45) is 9.67. The minimum absolute atomic E-state index is 0.323. The Bertz CT molecular complexity index is 2730. The minimum atomic E-state index is 0.323. The molecule has 1 aliphatic rings. The molecular formula is C47H31N. The first-order chi connectivity index (χ1) is 23.8. The summed E-state index contributed by atoms with van der Waals surface area (Å²) in [6, 6.07) is 53.7. The molecule has 1 heterocycles. The van der Waals surface area contributed by atoms with Gasteiger partial charge in [-0.3, -0.25) is 4.98 Å². The number of pyridine rings is 1. The highest BCUT2D eigenvalue weighted by Crippen LogP contribution is 2.41. The maximum Gasteiger partial charge on any atom is 0.0352 e. The SMILES string of the molecule is C1=CC(c2cccc(-c3cccc(-c4ccc5c6ccncc6c6ccccc6c5c4)c3)c2)Cc2c1c1ccccc1c1ccccc21. The lowest BCUT2D eigenvalue weighted by atomic mass is 9.80. The largest absolute Gasteiger partial charge is 0.264 e. The maximum absolute atomic E-state index is 4.44. The van der Waals surface area contributed by atoms with Crippen LogP contribution in [0.5, 0.6) is 0 Å². The van der Waals surface area contributed by atoms with Gasteiger partial charge in [-0.15, -0.1) is 0 Å². The monoisotopic (exact) mass is 609 g/mol. The Morgan fingerprint density at radius 1 is 0.417 bits per heavy atom. The van der Waals surface area contributed by atoms with Crippen molar-refractivity contribution < 1.29 is 0 Å². The number of rotatable bonds is 3. The molecule has 48 heavy (non-hydrogen) atoms. The second-order valence-electron chi connectivity index (χ2n) is 13.1. The van der Waals surface area contributed by atoms with Crippen molar-refractivity contribution >= 4 is 59.9 Å². The van der Waals surface area contributed by atoms with Gasteiger partial charge in [-0.25, -0.2) is 0 Å². The number of allylic oxidation sites excluding steroid dienone is 1. The second-order valence-corrected chi connectivity index (χ2v) is 13.1. The summed E-state index contributed by atoms with van der Waals surface area (Å²) in [7, 11) is 0. The van der Waals surface area contributed by atoms with Gasteiger partial charge in [-0.1, -0.05) is 140 Å². The molecule has 1 unspecified atom stereocenters. The van der Waals surface area contributed by atoms with Crippen LogP contribution in [0.2, 0.25) is 0 Å². The highest BCUT2D eigenvalue weighted by Gasteiger charge is 2.21. The molecule has 1 heteroatoms. The summed E-state index contributed by atoms with van der Waals surface area (Å²) in [6.45, 7) is 0. The Balaban J connectivity index is 1.04. The van der Waals surface area contributed by atoms with Crippen molar-refractivity contribution in [2.24, 2.45) is 0 Å². The van der Waals surface area contributed by atoms with Crippen molar-refractivity contribution in [3.63, 3.8) is 0 Å². The number of fused-ring (bicyclic) bond motifs is 12. The third-order valence-electron chi connectivity index (χ3n) is 10.5. The summed E-state index contributed by atoms with van der Waals surface area (Å²) in [5.41, 5.74) is 9.13. The van der Waals surface area contributed by atoms with Crippen molar-refractivity contribution in [2.45, 2.75) is 12.3 Å². The fourth-order valence-electron chi connectivity index (χ4n) is 8.19.